The van der Waals surface area contributed by atoms with Crippen LogP contribution in [-0.2, 0) is 33.1 Å². The van der Waals surface area contributed by atoms with E-state index in [1.165, 1.54) is 18.6 Å². The van der Waals surface area contributed by atoms with Crippen LogP contribution in [0.4, 0.5) is 17.1 Å². The Balaban J connectivity index is 0.000000170. The lowest BCUT2D eigenvalue weighted by atomic mass is 10.1. The van der Waals surface area contributed by atoms with E-state index in [0.717, 1.165) is 69.9 Å². The number of hydrogen-bond acceptors (Lipinski definition) is 10. The Bertz CT molecular complexity index is 3410. The topological polar surface area (TPSA) is 224 Å². The molecule has 10 rings (SSSR count). The number of piperidine rings is 1. The van der Waals surface area contributed by atoms with Crippen molar-refractivity contribution in [2.24, 2.45) is 0 Å². The van der Waals surface area contributed by atoms with Crippen LogP contribution in [0.5, 0.6) is 0 Å². The monoisotopic (exact) mass is 946 g/mol. The van der Waals surface area contributed by atoms with Gasteiger partial charge < -0.3 is 25.5 Å². The van der Waals surface area contributed by atoms with Gasteiger partial charge in [0, 0.05) is 84.4 Å². The van der Waals surface area contributed by atoms with E-state index in [-0.39, 0.29) is 34.7 Å². The van der Waals surface area contributed by atoms with Crippen molar-refractivity contribution in [3.05, 3.63) is 181 Å². The third-order valence-corrected chi connectivity index (χ3v) is 14.2. The summed E-state index contributed by atoms with van der Waals surface area (Å²) in [7, 11) is -7.55. The highest BCUT2D eigenvalue weighted by Crippen LogP contribution is 2.30. The number of hydrogen-bond donors (Lipinski definition) is 6. The maximum atomic E-state index is 13.1. The van der Waals surface area contributed by atoms with Crippen LogP contribution >= 0.6 is 0 Å². The number of fused-ring (bicyclic) bond motifs is 3. The molecule has 5 aromatic heterocycles. The van der Waals surface area contributed by atoms with Crippen LogP contribution in [0.2, 0.25) is 0 Å². The first-order chi connectivity index (χ1) is 33.0. The van der Waals surface area contributed by atoms with Crippen LogP contribution in [0.25, 0.3) is 32.7 Å². The van der Waals surface area contributed by atoms with Crippen LogP contribution in [-0.4, -0.2) is 66.7 Å². The highest BCUT2D eigenvalue weighted by atomic mass is 32.2. The zero-order valence-corrected chi connectivity index (χ0v) is 38.1. The minimum absolute atomic E-state index is 0.119. The molecule has 18 heteroatoms. The number of aromatic amines is 2. The van der Waals surface area contributed by atoms with E-state index in [4.69, 9.17) is 0 Å². The summed E-state index contributed by atoms with van der Waals surface area (Å²) in [6, 6.07) is 36.5. The fourth-order valence-corrected chi connectivity index (χ4v) is 10.0. The van der Waals surface area contributed by atoms with Crippen LogP contribution in [0.1, 0.15) is 51.4 Å². The number of pyridine rings is 3. The molecule has 0 spiro atoms. The van der Waals surface area contributed by atoms with Crippen molar-refractivity contribution >= 4 is 81.6 Å². The number of benzene rings is 4. The quantitative estimate of drug-likeness (QED) is 0.0651. The van der Waals surface area contributed by atoms with Crippen molar-refractivity contribution in [3.8, 4) is 0 Å². The molecule has 344 valence electrons. The number of carbonyl (C=O) groups excluding carboxylic acids is 2. The zero-order chi connectivity index (χ0) is 47.1. The molecule has 0 bridgehead atoms. The van der Waals surface area contributed by atoms with E-state index in [9.17, 15) is 26.4 Å². The van der Waals surface area contributed by atoms with E-state index in [1.54, 1.807) is 110 Å². The Morgan fingerprint density at radius 3 is 1.62 bits per heavy atom. The number of carbonyl (C=O) groups is 2. The van der Waals surface area contributed by atoms with Crippen molar-refractivity contribution in [2.75, 3.05) is 27.4 Å². The lowest BCUT2D eigenvalue weighted by Crippen LogP contribution is -2.30. The van der Waals surface area contributed by atoms with Gasteiger partial charge in [-0.2, -0.15) is 0 Å². The van der Waals surface area contributed by atoms with Gasteiger partial charge in [0.05, 0.1) is 32.4 Å². The number of nitrogens with zero attached hydrogens (tertiary/aromatic N) is 4. The number of rotatable bonds is 13. The Hall–Kier alpha value is -8.09. The van der Waals surface area contributed by atoms with Gasteiger partial charge in [0.25, 0.3) is 31.9 Å². The summed E-state index contributed by atoms with van der Waals surface area (Å²) in [6.07, 6.45) is 11.7. The smallest absolute Gasteiger partial charge is 0.267 e. The third kappa shape index (κ3) is 10.5. The standard InChI is InChI=1S/C26H27N5O3S.C24H19N5O3S/c32-26(24-16-20-18-27-13-12-22(20)29-24)28-17-19-8-10-21(11-9-19)35(33,34)30-23-6-2-3-7-25(23)31-14-4-1-5-15-31;30-24(22-13-18-15-25-12-10-20(18)28-22)27-14-16-6-8-19(9-7-16)33(31,32)29-21-5-1-3-17-4-2-11-26-23(17)21/h2-3,6-13,16,18,29-30H,1,4-5,14-15,17H2,(H,28,32);1-13,15,28-29H,14H2,(H,27,30). The molecule has 6 N–H and O–H groups in total. The number of para-hydroxylation sites is 3. The molecule has 1 saturated heterocycles. The number of aromatic nitrogens is 5. The van der Waals surface area contributed by atoms with Gasteiger partial charge in [-0.25, -0.2) is 16.8 Å². The van der Waals surface area contributed by atoms with E-state index < -0.39 is 20.0 Å². The molecule has 1 fully saturated rings. The Morgan fingerprint density at radius 1 is 0.544 bits per heavy atom. The Kier molecular flexibility index (Phi) is 13.1. The fraction of sp³-hybridized carbons (Fsp3) is 0.140. The molecule has 2 amide bonds. The summed E-state index contributed by atoms with van der Waals surface area (Å²) >= 11 is 0. The molecule has 4 aromatic carbocycles. The number of anilines is 3. The van der Waals surface area contributed by atoms with Gasteiger partial charge in [0.15, 0.2) is 0 Å². The van der Waals surface area contributed by atoms with Crippen molar-refractivity contribution in [1.29, 1.82) is 0 Å². The average Bonchev–Trinajstić information content (AvgIpc) is 4.02. The maximum Gasteiger partial charge on any atom is 0.267 e. The van der Waals surface area contributed by atoms with E-state index in [1.807, 2.05) is 36.4 Å². The molecule has 0 atom stereocenters. The minimum atomic E-state index is -3.80. The second-order valence-electron chi connectivity index (χ2n) is 16.1. The first kappa shape index (κ1) is 45.1. The second-order valence-corrected chi connectivity index (χ2v) is 19.5. The van der Waals surface area contributed by atoms with Crippen molar-refractivity contribution in [3.63, 3.8) is 0 Å². The maximum absolute atomic E-state index is 13.1. The van der Waals surface area contributed by atoms with Gasteiger partial charge in [-0.05, 0) is 103 Å². The zero-order valence-electron chi connectivity index (χ0n) is 36.5. The predicted octanol–water partition coefficient (Wildman–Crippen LogP) is 8.13. The van der Waals surface area contributed by atoms with E-state index >= 15 is 0 Å². The van der Waals surface area contributed by atoms with Gasteiger partial charge in [-0.1, -0.05) is 54.6 Å². The fourth-order valence-electron chi connectivity index (χ4n) is 7.88. The molecule has 6 heterocycles. The second kappa shape index (κ2) is 19.8. The van der Waals surface area contributed by atoms with Gasteiger partial charge in [0.1, 0.15) is 11.4 Å². The normalized spacial score (nSPS) is 12.9. The number of amides is 2. The summed E-state index contributed by atoms with van der Waals surface area (Å²) in [5.74, 6) is -0.498. The number of sulfonamides is 2. The van der Waals surface area contributed by atoms with Crippen LogP contribution in [0.3, 0.4) is 0 Å². The SMILES string of the molecule is O=C(NCc1ccc(S(=O)(=O)Nc2cccc3cccnc23)cc1)c1cc2cnccc2[nH]1.O=C(NCc1ccc(S(=O)(=O)Nc2ccccc2N2CCCCC2)cc1)c1cc2cnccc2[nH]1. The van der Waals surface area contributed by atoms with Gasteiger partial charge in [-0.15, -0.1) is 0 Å². The van der Waals surface area contributed by atoms with Gasteiger partial charge in [-0.3, -0.25) is 34.0 Å². The summed E-state index contributed by atoms with van der Waals surface area (Å²) < 4.78 is 57.3. The highest BCUT2D eigenvalue weighted by Gasteiger charge is 2.21. The number of nitrogens with one attached hydrogen (secondary N) is 6. The summed E-state index contributed by atoms with van der Waals surface area (Å²) in [6.45, 7) is 2.38. The lowest BCUT2D eigenvalue weighted by Gasteiger charge is -2.30. The minimum Gasteiger partial charge on any atom is -0.370 e. The molecule has 0 saturated carbocycles. The van der Waals surface area contributed by atoms with Crippen molar-refractivity contribution in [1.82, 2.24) is 35.6 Å². The largest absolute Gasteiger partial charge is 0.370 e. The Labute approximate surface area is 392 Å². The van der Waals surface area contributed by atoms with Crippen molar-refractivity contribution in [2.45, 2.75) is 42.1 Å². The molecule has 0 radical (unpaired) electrons. The summed E-state index contributed by atoms with van der Waals surface area (Å²) in [5.41, 5.74) is 6.60. The van der Waals surface area contributed by atoms with E-state index in [2.05, 4.69) is 49.9 Å². The van der Waals surface area contributed by atoms with Crippen LogP contribution < -0.4 is 25.0 Å². The van der Waals surface area contributed by atoms with Crippen LogP contribution in [0, 0.1) is 0 Å². The first-order valence-corrected chi connectivity index (χ1v) is 24.8. The summed E-state index contributed by atoms with van der Waals surface area (Å²) in [4.78, 5) is 46.0. The molecule has 1 aliphatic rings. The molecular formula is C50H46N10O6S2. The first-order valence-electron chi connectivity index (χ1n) is 21.8. The molecule has 16 nitrogen and oxygen atoms in total. The predicted molar refractivity (Wildman–Crippen MR) is 263 cm³/mol. The van der Waals surface area contributed by atoms with Gasteiger partial charge in [0.2, 0.25) is 0 Å². The average molecular weight is 947 g/mol. The van der Waals surface area contributed by atoms with E-state index in [0.29, 0.717) is 28.3 Å². The molecule has 68 heavy (non-hydrogen) atoms. The van der Waals surface area contributed by atoms with Gasteiger partial charge >= 0.3 is 0 Å². The summed E-state index contributed by atoms with van der Waals surface area (Å²) in [5, 5.41) is 8.25. The molecule has 0 aliphatic carbocycles. The molecule has 1 aliphatic heterocycles. The number of H-pyrrole nitrogens is 2. The van der Waals surface area contributed by atoms with Crippen LogP contribution in [0.15, 0.2) is 168 Å². The Morgan fingerprint density at radius 2 is 1.06 bits per heavy atom. The molecule has 9 aromatic rings. The highest BCUT2D eigenvalue weighted by molar-refractivity contribution is 7.93. The molecule has 0 unspecified atom stereocenters. The lowest BCUT2D eigenvalue weighted by molar-refractivity contribution is 0.0939. The van der Waals surface area contributed by atoms with Crippen molar-refractivity contribution < 1.29 is 26.4 Å². The molecular weight excluding hydrogens is 901 g/mol. The third-order valence-electron chi connectivity index (χ3n) is 11.4.